The number of halogens is 1. The molecule has 0 aliphatic rings. The first-order chi connectivity index (χ1) is 17.4. The highest BCUT2D eigenvalue weighted by Crippen LogP contribution is 2.28. The molecular weight excluding hydrogens is 520 g/mol. The van der Waals surface area contributed by atoms with Crippen molar-refractivity contribution in [2.75, 3.05) is 38.4 Å². The van der Waals surface area contributed by atoms with Gasteiger partial charge in [-0.1, -0.05) is 41.6 Å². The molecule has 0 spiro atoms. The number of benzene rings is 2. The predicted molar refractivity (Wildman–Crippen MR) is 146 cm³/mol. The van der Waals surface area contributed by atoms with Crippen molar-refractivity contribution in [3.8, 4) is 5.75 Å². The Bertz CT molecular complexity index is 1140. The number of aromatic carboxylic acids is 1. The third kappa shape index (κ3) is 9.40. The molecule has 3 aromatic rings. The molecule has 0 bridgehead atoms. The number of rotatable bonds is 14. The molecule has 190 valence electrons. The van der Waals surface area contributed by atoms with Crippen LogP contribution in [0.4, 0.5) is 5.69 Å². The summed E-state index contributed by atoms with van der Waals surface area (Å²) in [6.45, 7) is 4.80. The van der Waals surface area contributed by atoms with E-state index >= 15 is 0 Å². The number of aromatic nitrogens is 1. The Morgan fingerprint density at radius 1 is 1.06 bits per heavy atom. The SMILES string of the molecule is CCOCCOCCOc1ccc(Sc2ccc(CC(=S)Nc3ccc(Cl)cc3C(=O)O)cn2)cc1. The maximum Gasteiger partial charge on any atom is 0.337 e. The molecular formula is C26H27ClN2O5S2. The third-order valence-corrected chi connectivity index (χ3v) is 6.21. The highest BCUT2D eigenvalue weighted by atomic mass is 35.5. The van der Waals surface area contributed by atoms with E-state index in [1.165, 1.54) is 6.07 Å². The fourth-order valence-electron chi connectivity index (χ4n) is 3.07. The van der Waals surface area contributed by atoms with Crippen molar-refractivity contribution in [2.45, 2.75) is 23.3 Å². The molecule has 0 unspecified atom stereocenters. The number of hydrogen-bond donors (Lipinski definition) is 2. The van der Waals surface area contributed by atoms with Crippen LogP contribution in [0.1, 0.15) is 22.8 Å². The molecule has 0 aliphatic carbocycles. The van der Waals surface area contributed by atoms with Crippen molar-refractivity contribution < 1.29 is 24.1 Å². The highest BCUT2D eigenvalue weighted by Gasteiger charge is 2.12. The Labute approximate surface area is 225 Å². The molecule has 0 radical (unpaired) electrons. The number of nitrogens with one attached hydrogen (secondary N) is 1. The molecule has 2 aromatic carbocycles. The maximum atomic E-state index is 11.4. The van der Waals surface area contributed by atoms with Gasteiger partial charge in [-0.15, -0.1) is 0 Å². The molecule has 3 rings (SSSR count). The summed E-state index contributed by atoms with van der Waals surface area (Å²) in [5, 5.41) is 13.6. The maximum absolute atomic E-state index is 11.4. The number of thiocarbonyl (C=S) groups is 1. The summed E-state index contributed by atoms with van der Waals surface area (Å²) < 4.78 is 16.3. The summed E-state index contributed by atoms with van der Waals surface area (Å²) in [6, 6.07) is 16.3. The summed E-state index contributed by atoms with van der Waals surface area (Å²) in [5.74, 6) is -0.295. The average molecular weight is 547 g/mol. The summed E-state index contributed by atoms with van der Waals surface area (Å²) in [6.07, 6.45) is 2.19. The van der Waals surface area contributed by atoms with Crippen LogP contribution >= 0.6 is 35.6 Å². The number of pyridine rings is 1. The van der Waals surface area contributed by atoms with E-state index in [0.29, 0.717) is 55.2 Å². The Balaban J connectivity index is 1.45. The van der Waals surface area contributed by atoms with Crippen LogP contribution in [-0.4, -0.2) is 54.1 Å². The van der Waals surface area contributed by atoms with Crippen molar-refractivity contribution in [2.24, 2.45) is 0 Å². The number of nitrogens with zero attached hydrogens (tertiary/aromatic N) is 1. The lowest BCUT2D eigenvalue weighted by Crippen LogP contribution is -2.15. The van der Waals surface area contributed by atoms with Crippen molar-refractivity contribution >= 4 is 52.2 Å². The number of carboxylic acids is 1. The average Bonchev–Trinajstić information content (AvgIpc) is 2.86. The van der Waals surface area contributed by atoms with Crippen LogP contribution in [0.5, 0.6) is 5.75 Å². The van der Waals surface area contributed by atoms with Crippen molar-refractivity contribution in [3.63, 3.8) is 0 Å². The van der Waals surface area contributed by atoms with Crippen LogP contribution in [-0.2, 0) is 15.9 Å². The van der Waals surface area contributed by atoms with Gasteiger partial charge in [-0.3, -0.25) is 0 Å². The lowest BCUT2D eigenvalue weighted by atomic mass is 10.1. The fraction of sp³-hybridized carbons (Fsp3) is 0.269. The Morgan fingerprint density at radius 3 is 2.50 bits per heavy atom. The molecule has 10 heteroatoms. The standard InChI is InChI=1S/C26H27ClN2O5S2/c1-2-32-11-12-33-13-14-34-20-5-7-21(8-6-20)36-25-10-3-18(17-28-25)15-24(35)29-23-9-4-19(27)16-22(23)26(30)31/h3-10,16-17H,2,11-15H2,1H3,(H,29,35)(H,30,31). The van der Waals surface area contributed by atoms with E-state index in [4.69, 9.17) is 38.0 Å². The van der Waals surface area contributed by atoms with Gasteiger partial charge in [-0.05, 0) is 61.0 Å². The molecule has 0 amide bonds. The summed E-state index contributed by atoms with van der Waals surface area (Å²) in [4.78, 5) is 17.5. The molecule has 0 aliphatic heterocycles. The van der Waals surface area contributed by atoms with Gasteiger partial charge in [0.15, 0.2) is 0 Å². The second-order valence-corrected chi connectivity index (χ2v) is 9.48. The zero-order valence-electron chi connectivity index (χ0n) is 19.7. The molecule has 0 saturated carbocycles. The lowest BCUT2D eigenvalue weighted by Gasteiger charge is -2.11. The topological polar surface area (TPSA) is 89.9 Å². The van der Waals surface area contributed by atoms with Gasteiger partial charge < -0.3 is 24.6 Å². The van der Waals surface area contributed by atoms with Gasteiger partial charge in [-0.25, -0.2) is 9.78 Å². The van der Waals surface area contributed by atoms with Gasteiger partial charge in [0.25, 0.3) is 0 Å². The molecule has 0 atom stereocenters. The van der Waals surface area contributed by atoms with E-state index in [1.54, 1.807) is 30.1 Å². The summed E-state index contributed by atoms with van der Waals surface area (Å²) in [7, 11) is 0. The zero-order chi connectivity index (χ0) is 25.8. The van der Waals surface area contributed by atoms with Crippen LogP contribution < -0.4 is 10.1 Å². The normalized spacial score (nSPS) is 10.7. The molecule has 1 heterocycles. The highest BCUT2D eigenvalue weighted by molar-refractivity contribution is 7.99. The zero-order valence-corrected chi connectivity index (χ0v) is 22.1. The largest absolute Gasteiger partial charge is 0.491 e. The minimum absolute atomic E-state index is 0.0667. The Hall–Kier alpha value is -2.69. The van der Waals surface area contributed by atoms with Crippen LogP contribution in [0.15, 0.2) is 70.7 Å². The van der Waals surface area contributed by atoms with E-state index < -0.39 is 5.97 Å². The van der Waals surface area contributed by atoms with Crippen molar-refractivity contribution in [3.05, 3.63) is 76.9 Å². The van der Waals surface area contributed by atoms with E-state index in [9.17, 15) is 9.90 Å². The molecule has 2 N–H and O–H groups in total. The monoisotopic (exact) mass is 546 g/mol. The summed E-state index contributed by atoms with van der Waals surface area (Å²) in [5.41, 5.74) is 1.38. The first-order valence-electron chi connectivity index (χ1n) is 11.3. The van der Waals surface area contributed by atoms with Gasteiger partial charge >= 0.3 is 5.97 Å². The van der Waals surface area contributed by atoms with Crippen LogP contribution in [0.2, 0.25) is 5.02 Å². The number of hydrogen-bond acceptors (Lipinski definition) is 7. The van der Waals surface area contributed by atoms with Gasteiger partial charge in [0, 0.05) is 29.1 Å². The van der Waals surface area contributed by atoms with Crippen LogP contribution in [0.25, 0.3) is 0 Å². The predicted octanol–water partition coefficient (Wildman–Crippen LogP) is 6.00. The van der Waals surface area contributed by atoms with Gasteiger partial charge in [0.05, 0.1) is 36.1 Å². The van der Waals surface area contributed by atoms with Crippen molar-refractivity contribution in [1.82, 2.24) is 4.98 Å². The number of ether oxygens (including phenoxy) is 3. The Kier molecular flexibility index (Phi) is 11.4. The smallest absolute Gasteiger partial charge is 0.337 e. The summed E-state index contributed by atoms with van der Waals surface area (Å²) >= 11 is 12.9. The van der Waals surface area contributed by atoms with Crippen molar-refractivity contribution in [1.29, 1.82) is 0 Å². The fourth-order valence-corrected chi connectivity index (χ4v) is 4.27. The van der Waals surface area contributed by atoms with Crippen LogP contribution in [0, 0.1) is 0 Å². The number of carbonyl (C=O) groups is 1. The first kappa shape index (κ1) is 27.9. The lowest BCUT2D eigenvalue weighted by molar-refractivity contribution is 0.0405. The van der Waals surface area contributed by atoms with E-state index in [0.717, 1.165) is 21.2 Å². The van der Waals surface area contributed by atoms with E-state index in [1.807, 2.05) is 43.3 Å². The number of anilines is 1. The minimum atomic E-state index is -1.08. The third-order valence-electron chi connectivity index (χ3n) is 4.77. The molecule has 1 aromatic heterocycles. The van der Waals surface area contributed by atoms with E-state index in [-0.39, 0.29) is 5.56 Å². The number of carboxylic acid groups (broad SMARTS) is 1. The molecule has 0 saturated heterocycles. The van der Waals surface area contributed by atoms with Gasteiger partial charge in [-0.2, -0.15) is 0 Å². The second-order valence-electron chi connectivity index (χ2n) is 7.46. The Morgan fingerprint density at radius 2 is 1.81 bits per heavy atom. The van der Waals surface area contributed by atoms with Gasteiger partial charge in [0.2, 0.25) is 0 Å². The van der Waals surface area contributed by atoms with Crippen LogP contribution in [0.3, 0.4) is 0 Å². The quantitative estimate of drug-likeness (QED) is 0.187. The second kappa shape index (κ2) is 14.8. The molecule has 7 nitrogen and oxygen atoms in total. The molecule has 36 heavy (non-hydrogen) atoms. The first-order valence-corrected chi connectivity index (χ1v) is 12.9. The molecule has 0 fully saturated rings. The minimum Gasteiger partial charge on any atom is -0.491 e. The van der Waals surface area contributed by atoms with Gasteiger partial charge in [0.1, 0.15) is 17.4 Å². The van der Waals surface area contributed by atoms with E-state index in [2.05, 4.69) is 10.3 Å².